The Labute approximate surface area is 109 Å². The van der Waals surface area contributed by atoms with Crippen molar-refractivity contribution in [2.24, 2.45) is 5.92 Å². The van der Waals surface area contributed by atoms with Gasteiger partial charge in [0, 0.05) is 25.6 Å². The van der Waals surface area contributed by atoms with Crippen molar-refractivity contribution in [3.05, 3.63) is 0 Å². The molecule has 18 heavy (non-hydrogen) atoms. The van der Waals surface area contributed by atoms with Crippen molar-refractivity contribution in [1.82, 2.24) is 10.6 Å². The van der Waals surface area contributed by atoms with Gasteiger partial charge in [0.15, 0.2) is 0 Å². The molecule has 2 N–H and O–H groups in total. The summed E-state index contributed by atoms with van der Waals surface area (Å²) in [6.45, 7) is 7.43. The fraction of sp³-hybridized carbons (Fsp3) is 0.846. The topological polar surface area (TPSA) is 67.4 Å². The first-order valence-electron chi connectivity index (χ1n) is 6.59. The largest absolute Gasteiger partial charge is 0.460 e. The van der Waals surface area contributed by atoms with Crippen LogP contribution in [0.15, 0.2) is 0 Å². The molecule has 1 aliphatic carbocycles. The van der Waals surface area contributed by atoms with E-state index in [1.54, 1.807) is 0 Å². The van der Waals surface area contributed by atoms with Crippen molar-refractivity contribution in [1.29, 1.82) is 0 Å². The molecule has 0 heterocycles. The SMILES string of the molecule is CC(C)(C)OC(=O)CCNCCNC(=O)C1CC1. The number of nitrogens with one attached hydrogen (secondary N) is 2. The summed E-state index contributed by atoms with van der Waals surface area (Å²) in [6.07, 6.45) is 2.41. The minimum atomic E-state index is -0.421. The first-order chi connectivity index (χ1) is 8.38. The average Bonchev–Trinajstić information content (AvgIpc) is 3.03. The molecule has 0 aliphatic heterocycles. The van der Waals surface area contributed by atoms with Crippen LogP contribution in [0, 0.1) is 5.92 Å². The quantitative estimate of drug-likeness (QED) is 0.523. The van der Waals surface area contributed by atoms with Crippen LogP contribution in [0.3, 0.4) is 0 Å². The monoisotopic (exact) mass is 256 g/mol. The molecule has 0 unspecified atom stereocenters. The van der Waals surface area contributed by atoms with E-state index in [0.717, 1.165) is 12.8 Å². The van der Waals surface area contributed by atoms with Gasteiger partial charge >= 0.3 is 5.97 Å². The zero-order valence-electron chi connectivity index (χ0n) is 11.5. The van der Waals surface area contributed by atoms with Crippen LogP contribution in [0.4, 0.5) is 0 Å². The lowest BCUT2D eigenvalue weighted by Crippen LogP contribution is -2.34. The molecule has 0 spiro atoms. The van der Waals surface area contributed by atoms with E-state index >= 15 is 0 Å². The number of carbonyl (C=O) groups is 2. The maximum absolute atomic E-state index is 11.4. The minimum absolute atomic E-state index is 0.156. The predicted molar refractivity (Wildman–Crippen MR) is 69.1 cm³/mol. The number of carbonyl (C=O) groups excluding carboxylic acids is 2. The summed E-state index contributed by atoms with van der Waals surface area (Å²) >= 11 is 0. The number of rotatable bonds is 7. The summed E-state index contributed by atoms with van der Waals surface area (Å²) in [5, 5.41) is 5.95. The zero-order valence-corrected chi connectivity index (χ0v) is 11.5. The van der Waals surface area contributed by atoms with Crippen LogP contribution in [0.1, 0.15) is 40.0 Å². The molecular weight excluding hydrogens is 232 g/mol. The molecule has 0 radical (unpaired) electrons. The molecule has 0 bridgehead atoms. The summed E-state index contributed by atoms with van der Waals surface area (Å²) in [6, 6.07) is 0. The fourth-order valence-electron chi connectivity index (χ4n) is 1.47. The third kappa shape index (κ3) is 7.27. The van der Waals surface area contributed by atoms with Crippen LogP contribution in [0.25, 0.3) is 0 Å². The summed E-state index contributed by atoms with van der Waals surface area (Å²) < 4.78 is 5.17. The highest BCUT2D eigenvalue weighted by molar-refractivity contribution is 5.80. The van der Waals surface area contributed by atoms with Crippen LogP contribution in [0.5, 0.6) is 0 Å². The Morgan fingerprint density at radius 1 is 1.17 bits per heavy atom. The molecular formula is C13H24N2O3. The predicted octanol–water partition coefficient (Wildman–Crippen LogP) is 0.834. The van der Waals surface area contributed by atoms with Gasteiger partial charge in [0.2, 0.25) is 5.91 Å². The van der Waals surface area contributed by atoms with Crippen molar-refractivity contribution >= 4 is 11.9 Å². The second kappa shape index (κ2) is 6.73. The van der Waals surface area contributed by atoms with Gasteiger partial charge in [-0.2, -0.15) is 0 Å². The molecule has 1 amide bonds. The van der Waals surface area contributed by atoms with Crippen molar-refractivity contribution < 1.29 is 14.3 Å². The first-order valence-corrected chi connectivity index (χ1v) is 6.59. The molecule has 1 aliphatic rings. The highest BCUT2D eigenvalue weighted by Crippen LogP contribution is 2.28. The Morgan fingerprint density at radius 2 is 1.83 bits per heavy atom. The smallest absolute Gasteiger partial charge is 0.307 e. The van der Waals surface area contributed by atoms with Crippen LogP contribution < -0.4 is 10.6 Å². The van der Waals surface area contributed by atoms with Crippen molar-refractivity contribution in [3.63, 3.8) is 0 Å². The number of hydrogen-bond donors (Lipinski definition) is 2. The van der Waals surface area contributed by atoms with E-state index in [9.17, 15) is 9.59 Å². The molecule has 0 atom stereocenters. The third-order valence-electron chi connectivity index (χ3n) is 2.48. The van der Waals surface area contributed by atoms with E-state index in [0.29, 0.717) is 26.1 Å². The number of ether oxygens (including phenoxy) is 1. The first kappa shape index (κ1) is 15.0. The molecule has 5 heteroatoms. The van der Waals surface area contributed by atoms with Crippen molar-refractivity contribution in [3.8, 4) is 0 Å². The maximum Gasteiger partial charge on any atom is 0.307 e. The van der Waals surface area contributed by atoms with Crippen LogP contribution in [-0.2, 0) is 14.3 Å². The van der Waals surface area contributed by atoms with E-state index in [1.807, 2.05) is 20.8 Å². The van der Waals surface area contributed by atoms with Crippen LogP contribution in [0.2, 0.25) is 0 Å². The molecule has 104 valence electrons. The highest BCUT2D eigenvalue weighted by Gasteiger charge is 2.28. The maximum atomic E-state index is 11.4. The van der Waals surface area contributed by atoms with Gasteiger partial charge in [0.25, 0.3) is 0 Å². The average molecular weight is 256 g/mol. The molecule has 1 fully saturated rings. The number of hydrogen-bond acceptors (Lipinski definition) is 4. The molecule has 0 saturated heterocycles. The molecule has 0 aromatic carbocycles. The second-order valence-corrected chi connectivity index (χ2v) is 5.65. The standard InChI is InChI=1S/C13H24N2O3/c1-13(2,3)18-11(16)6-7-14-8-9-15-12(17)10-4-5-10/h10,14H,4-9H2,1-3H3,(H,15,17). The van der Waals surface area contributed by atoms with Crippen LogP contribution in [-0.4, -0.2) is 37.1 Å². The van der Waals surface area contributed by atoms with E-state index in [2.05, 4.69) is 10.6 Å². The summed E-state index contributed by atoms with van der Waals surface area (Å²) in [5.41, 5.74) is -0.421. The fourth-order valence-corrected chi connectivity index (χ4v) is 1.47. The van der Waals surface area contributed by atoms with Crippen molar-refractivity contribution in [2.45, 2.75) is 45.6 Å². The lowest BCUT2D eigenvalue weighted by atomic mass is 10.2. The van der Waals surface area contributed by atoms with Crippen LogP contribution >= 0.6 is 0 Å². The van der Waals surface area contributed by atoms with E-state index < -0.39 is 5.60 Å². The summed E-state index contributed by atoms with van der Waals surface area (Å²) in [5.74, 6) is 0.215. The van der Waals surface area contributed by atoms with Gasteiger partial charge in [-0.05, 0) is 33.6 Å². The molecule has 0 aromatic heterocycles. The Balaban J connectivity index is 1.91. The summed E-state index contributed by atoms with van der Waals surface area (Å²) in [4.78, 5) is 22.7. The Kier molecular flexibility index (Phi) is 5.59. The normalized spacial score (nSPS) is 15.3. The van der Waals surface area contributed by atoms with Gasteiger partial charge in [0.1, 0.15) is 5.60 Å². The zero-order chi connectivity index (χ0) is 13.6. The van der Waals surface area contributed by atoms with Gasteiger partial charge in [-0.3, -0.25) is 9.59 Å². The molecule has 1 saturated carbocycles. The minimum Gasteiger partial charge on any atom is -0.460 e. The number of esters is 1. The van der Waals surface area contributed by atoms with Gasteiger partial charge in [-0.1, -0.05) is 0 Å². The lowest BCUT2D eigenvalue weighted by Gasteiger charge is -2.19. The number of amides is 1. The molecule has 1 rings (SSSR count). The van der Waals surface area contributed by atoms with E-state index in [4.69, 9.17) is 4.74 Å². The highest BCUT2D eigenvalue weighted by atomic mass is 16.6. The Morgan fingerprint density at radius 3 is 2.39 bits per heavy atom. The molecule has 5 nitrogen and oxygen atoms in total. The van der Waals surface area contributed by atoms with E-state index in [1.165, 1.54) is 0 Å². The van der Waals surface area contributed by atoms with E-state index in [-0.39, 0.29) is 17.8 Å². The third-order valence-corrected chi connectivity index (χ3v) is 2.48. The second-order valence-electron chi connectivity index (χ2n) is 5.65. The van der Waals surface area contributed by atoms with Gasteiger partial charge in [-0.15, -0.1) is 0 Å². The summed E-state index contributed by atoms with van der Waals surface area (Å²) in [7, 11) is 0. The lowest BCUT2D eigenvalue weighted by molar-refractivity contribution is -0.154. The van der Waals surface area contributed by atoms with Crippen molar-refractivity contribution in [2.75, 3.05) is 19.6 Å². The van der Waals surface area contributed by atoms with Gasteiger partial charge < -0.3 is 15.4 Å². The Hall–Kier alpha value is -1.10. The molecule has 0 aromatic rings. The Bertz CT molecular complexity index is 293. The van der Waals surface area contributed by atoms with Gasteiger partial charge in [0.05, 0.1) is 6.42 Å². The van der Waals surface area contributed by atoms with Gasteiger partial charge in [-0.25, -0.2) is 0 Å².